The van der Waals surface area contributed by atoms with Gasteiger partial charge in [0, 0.05) is 17.3 Å². The molecule has 3 aromatic rings. The molecule has 10 heteroatoms. The highest BCUT2D eigenvalue weighted by Gasteiger charge is 2.33. The number of sulfonamides is 1. The molecule has 0 atom stereocenters. The summed E-state index contributed by atoms with van der Waals surface area (Å²) in [7, 11) is -1.19. The highest BCUT2D eigenvalue weighted by Crippen LogP contribution is 2.38. The van der Waals surface area contributed by atoms with Crippen molar-refractivity contribution in [2.24, 2.45) is 0 Å². The Bertz CT molecular complexity index is 1310. The molecule has 0 radical (unpaired) electrons. The van der Waals surface area contributed by atoms with Gasteiger partial charge in [-0.25, -0.2) is 13.1 Å². The molecule has 0 saturated heterocycles. The Balaban J connectivity index is 1.90. The van der Waals surface area contributed by atoms with Crippen molar-refractivity contribution in [1.29, 1.82) is 0 Å². The Morgan fingerprint density at radius 2 is 1.67 bits per heavy atom. The summed E-state index contributed by atoms with van der Waals surface area (Å²) in [6.07, 6.45) is -4.51. The predicted molar refractivity (Wildman–Crippen MR) is 119 cm³/mol. The summed E-state index contributed by atoms with van der Waals surface area (Å²) in [5.41, 5.74) is 0.646. The number of hydrogen-bond acceptors (Lipinski definition) is 4. The molecule has 0 aliphatic heterocycles. The molecule has 0 aliphatic carbocycles. The first-order valence-electron chi connectivity index (χ1n) is 9.68. The van der Waals surface area contributed by atoms with Crippen LogP contribution in [0.4, 0.5) is 18.9 Å². The number of anilines is 1. The highest BCUT2D eigenvalue weighted by atomic mass is 32.2. The molecule has 1 amide bonds. The molecule has 2 N–H and O–H groups in total. The van der Waals surface area contributed by atoms with Gasteiger partial charge in [-0.2, -0.15) is 13.2 Å². The maximum absolute atomic E-state index is 13.4. The third-order valence-electron chi connectivity index (χ3n) is 4.99. The third kappa shape index (κ3) is 5.18. The minimum Gasteiger partial charge on any atom is -0.495 e. The summed E-state index contributed by atoms with van der Waals surface area (Å²) in [5.74, 6) is -0.475. The van der Waals surface area contributed by atoms with E-state index in [1.807, 2.05) is 0 Å². The monoisotopic (exact) mass is 478 g/mol. The second kappa shape index (κ2) is 9.24. The molecule has 3 rings (SSSR count). The van der Waals surface area contributed by atoms with Gasteiger partial charge in [-0.15, -0.1) is 0 Å². The summed E-state index contributed by atoms with van der Waals surface area (Å²) in [6.45, 7) is 1.62. The Morgan fingerprint density at radius 3 is 2.27 bits per heavy atom. The van der Waals surface area contributed by atoms with Gasteiger partial charge in [0.25, 0.3) is 5.91 Å². The molecular formula is C23H21F3N2O4S. The van der Waals surface area contributed by atoms with E-state index >= 15 is 0 Å². The molecule has 0 unspecified atom stereocenters. The zero-order chi connectivity index (χ0) is 24.4. The van der Waals surface area contributed by atoms with Gasteiger partial charge in [-0.3, -0.25) is 4.79 Å². The number of ether oxygens (including phenoxy) is 1. The molecular weight excluding hydrogens is 457 g/mol. The van der Waals surface area contributed by atoms with E-state index in [1.165, 1.54) is 68.8 Å². The number of halogens is 3. The van der Waals surface area contributed by atoms with Crippen LogP contribution in [0.15, 0.2) is 65.6 Å². The molecule has 0 aliphatic rings. The topological polar surface area (TPSA) is 84.5 Å². The number of methoxy groups -OCH3 is 1. The van der Waals surface area contributed by atoms with E-state index in [1.54, 1.807) is 6.92 Å². The molecule has 0 saturated carbocycles. The van der Waals surface area contributed by atoms with E-state index in [4.69, 9.17) is 4.74 Å². The number of alkyl halides is 3. The zero-order valence-corrected chi connectivity index (χ0v) is 18.8. The molecule has 0 spiro atoms. The average molecular weight is 478 g/mol. The van der Waals surface area contributed by atoms with Crippen molar-refractivity contribution < 1.29 is 31.1 Å². The van der Waals surface area contributed by atoms with Crippen LogP contribution in [-0.4, -0.2) is 28.5 Å². The minimum absolute atomic E-state index is 0.0283. The van der Waals surface area contributed by atoms with Crippen molar-refractivity contribution in [2.45, 2.75) is 18.0 Å². The summed E-state index contributed by atoms with van der Waals surface area (Å²) in [5, 5.41) is 2.64. The lowest BCUT2D eigenvalue weighted by molar-refractivity contribution is -0.137. The first-order valence-corrected chi connectivity index (χ1v) is 11.2. The Hall–Kier alpha value is -3.37. The minimum atomic E-state index is -4.51. The van der Waals surface area contributed by atoms with Crippen molar-refractivity contribution >= 4 is 21.6 Å². The van der Waals surface area contributed by atoms with E-state index in [0.29, 0.717) is 11.1 Å². The van der Waals surface area contributed by atoms with Gasteiger partial charge in [0.15, 0.2) is 0 Å². The number of carbonyl (C=O) groups excluding carboxylic acids is 1. The van der Waals surface area contributed by atoms with Crippen LogP contribution < -0.4 is 14.8 Å². The van der Waals surface area contributed by atoms with Crippen LogP contribution in [0.1, 0.15) is 21.5 Å². The van der Waals surface area contributed by atoms with Gasteiger partial charge < -0.3 is 10.1 Å². The SMILES string of the molecule is CNS(=O)(=O)c1ccc(NC(=O)c2ccc(-c3ccccc3C(F)(F)F)c(C)c2)cc1OC. The normalized spacial score (nSPS) is 11.8. The van der Waals surface area contributed by atoms with Crippen LogP contribution in [-0.2, 0) is 16.2 Å². The first-order chi connectivity index (χ1) is 15.5. The van der Waals surface area contributed by atoms with Gasteiger partial charge in [-0.05, 0) is 61.0 Å². The van der Waals surface area contributed by atoms with Crippen LogP contribution in [0, 0.1) is 6.92 Å². The van der Waals surface area contributed by atoms with E-state index < -0.39 is 27.7 Å². The van der Waals surface area contributed by atoms with Crippen molar-refractivity contribution in [3.63, 3.8) is 0 Å². The fraction of sp³-hybridized carbons (Fsp3) is 0.174. The van der Waals surface area contributed by atoms with Crippen LogP contribution >= 0.6 is 0 Å². The lowest BCUT2D eigenvalue weighted by Crippen LogP contribution is -2.19. The Morgan fingerprint density at radius 1 is 0.970 bits per heavy atom. The number of rotatable bonds is 6. The van der Waals surface area contributed by atoms with Gasteiger partial charge in [0.05, 0.1) is 12.7 Å². The van der Waals surface area contributed by atoms with Crippen LogP contribution in [0.5, 0.6) is 5.75 Å². The largest absolute Gasteiger partial charge is 0.495 e. The second-order valence-corrected chi connectivity index (χ2v) is 8.96. The van der Waals surface area contributed by atoms with E-state index in [-0.39, 0.29) is 27.5 Å². The van der Waals surface area contributed by atoms with E-state index in [2.05, 4.69) is 10.0 Å². The molecule has 6 nitrogen and oxygen atoms in total. The maximum Gasteiger partial charge on any atom is 0.417 e. The first kappa shape index (κ1) is 24.3. The molecule has 33 heavy (non-hydrogen) atoms. The van der Waals surface area contributed by atoms with Crippen LogP contribution in [0.2, 0.25) is 0 Å². The van der Waals surface area contributed by atoms with Crippen LogP contribution in [0.3, 0.4) is 0 Å². The molecule has 0 bridgehead atoms. The zero-order valence-electron chi connectivity index (χ0n) is 17.9. The summed E-state index contributed by atoms with van der Waals surface area (Å²) in [6, 6.07) is 13.7. The van der Waals surface area contributed by atoms with Crippen molar-refractivity contribution in [1.82, 2.24) is 4.72 Å². The average Bonchev–Trinajstić information content (AvgIpc) is 2.78. The number of hydrogen-bond donors (Lipinski definition) is 2. The van der Waals surface area contributed by atoms with Gasteiger partial charge >= 0.3 is 6.18 Å². The van der Waals surface area contributed by atoms with E-state index in [0.717, 1.165) is 6.07 Å². The van der Waals surface area contributed by atoms with Gasteiger partial charge in [0.1, 0.15) is 10.6 Å². The Labute approximate surface area is 189 Å². The summed E-state index contributed by atoms with van der Waals surface area (Å²) in [4.78, 5) is 12.6. The summed E-state index contributed by atoms with van der Waals surface area (Å²) >= 11 is 0. The highest BCUT2D eigenvalue weighted by molar-refractivity contribution is 7.89. The fourth-order valence-corrected chi connectivity index (χ4v) is 4.23. The van der Waals surface area contributed by atoms with Crippen molar-refractivity contribution in [2.75, 3.05) is 19.5 Å². The van der Waals surface area contributed by atoms with Gasteiger partial charge in [0.2, 0.25) is 10.0 Å². The molecule has 174 valence electrons. The third-order valence-corrected chi connectivity index (χ3v) is 6.44. The maximum atomic E-state index is 13.4. The second-order valence-electron chi connectivity index (χ2n) is 7.10. The van der Waals surface area contributed by atoms with Gasteiger partial charge in [-0.1, -0.05) is 24.3 Å². The number of amides is 1. The number of aryl methyl sites for hydroxylation is 1. The summed E-state index contributed by atoms with van der Waals surface area (Å²) < 4.78 is 71.6. The standard InChI is InChI=1S/C23H21F3N2O4S/c1-14-12-15(8-10-17(14)18-6-4-5-7-19(18)23(24,25)26)22(29)28-16-9-11-21(20(13-16)32-3)33(30,31)27-2/h4-13,27H,1-3H3,(H,28,29). The smallest absolute Gasteiger partial charge is 0.417 e. The molecule has 0 heterocycles. The number of carbonyl (C=O) groups is 1. The predicted octanol–water partition coefficient (Wildman–Crippen LogP) is 4.85. The molecule has 0 aromatic heterocycles. The fourth-order valence-electron chi connectivity index (χ4n) is 3.35. The van der Waals surface area contributed by atoms with Crippen molar-refractivity contribution in [3.05, 3.63) is 77.4 Å². The Kier molecular flexibility index (Phi) is 6.80. The number of nitrogens with one attached hydrogen (secondary N) is 2. The molecule has 3 aromatic carbocycles. The van der Waals surface area contributed by atoms with Crippen molar-refractivity contribution in [3.8, 4) is 16.9 Å². The lowest BCUT2D eigenvalue weighted by atomic mass is 9.94. The van der Waals surface area contributed by atoms with E-state index in [9.17, 15) is 26.4 Å². The molecule has 0 fully saturated rings. The van der Waals surface area contributed by atoms with Crippen LogP contribution in [0.25, 0.3) is 11.1 Å². The lowest BCUT2D eigenvalue weighted by Gasteiger charge is -2.15. The quantitative estimate of drug-likeness (QED) is 0.531. The number of benzene rings is 3.